The molecule has 0 aliphatic heterocycles. The number of ether oxygens (including phenoxy) is 1. The predicted molar refractivity (Wildman–Crippen MR) is 103 cm³/mol. The van der Waals surface area contributed by atoms with Gasteiger partial charge in [-0.05, 0) is 12.8 Å². The van der Waals surface area contributed by atoms with Crippen molar-refractivity contribution >= 4 is 11.9 Å². The molecule has 0 radical (unpaired) electrons. The summed E-state index contributed by atoms with van der Waals surface area (Å²) in [6.45, 7) is 1.30. The van der Waals surface area contributed by atoms with E-state index in [4.69, 9.17) is 14.9 Å². The summed E-state index contributed by atoms with van der Waals surface area (Å²) in [5, 5.41) is 19.9. The van der Waals surface area contributed by atoms with E-state index in [0.717, 1.165) is 32.1 Å². The van der Waals surface area contributed by atoms with E-state index in [1.807, 2.05) is 0 Å². The van der Waals surface area contributed by atoms with Gasteiger partial charge in [0, 0.05) is 19.4 Å². The Bertz CT molecular complexity index is 336. The summed E-state index contributed by atoms with van der Waals surface area (Å²) in [5.41, 5.74) is 0. The van der Waals surface area contributed by atoms with Crippen molar-refractivity contribution in [3.8, 4) is 0 Å². The SMILES string of the molecule is O=C(O)CCCCCCCCCCCCCCC(=O)NCCOCCO. The normalized spacial score (nSPS) is 10.8. The number of carboxylic acids is 1. The summed E-state index contributed by atoms with van der Waals surface area (Å²) in [7, 11) is 0. The fourth-order valence-electron chi connectivity index (χ4n) is 2.85. The van der Waals surface area contributed by atoms with Crippen molar-refractivity contribution in [2.24, 2.45) is 0 Å². The molecule has 154 valence electrons. The molecule has 0 saturated heterocycles. The van der Waals surface area contributed by atoms with E-state index in [-0.39, 0.29) is 12.5 Å². The number of carbonyl (C=O) groups excluding carboxylic acids is 1. The lowest BCUT2D eigenvalue weighted by atomic mass is 10.0. The van der Waals surface area contributed by atoms with Gasteiger partial charge in [0.05, 0.1) is 19.8 Å². The largest absolute Gasteiger partial charge is 0.481 e. The Balaban J connectivity index is 3.12. The number of hydrogen-bond acceptors (Lipinski definition) is 4. The standard InChI is InChI=1S/C20H39NO5/c22-16-18-26-17-15-21-19(23)13-11-9-7-5-3-1-2-4-6-8-10-12-14-20(24)25/h22H,1-18H2,(H,21,23)(H,24,25). The van der Waals surface area contributed by atoms with Crippen LogP contribution in [0.5, 0.6) is 0 Å². The number of aliphatic hydroxyl groups excluding tert-OH is 1. The molecule has 1 amide bonds. The third-order valence-electron chi connectivity index (χ3n) is 4.35. The molecule has 0 aromatic heterocycles. The fourth-order valence-corrected chi connectivity index (χ4v) is 2.85. The van der Waals surface area contributed by atoms with Crippen molar-refractivity contribution < 1.29 is 24.5 Å². The Morgan fingerprint density at radius 2 is 1.15 bits per heavy atom. The highest BCUT2D eigenvalue weighted by Crippen LogP contribution is 2.12. The van der Waals surface area contributed by atoms with Crippen molar-refractivity contribution in [3.63, 3.8) is 0 Å². The molecule has 6 heteroatoms. The second-order valence-corrected chi connectivity index (χ2v) is 6.82. The second-order valence-electron chi connectivity index (χ2n) is 6.82. The second kappa shape index (κ2) is 20.2. The summed E-state index contributed by atoms with van der Waals surface area (Å²) < 4.78 is 5.08. The quantitative estimate of drug-likeness (QED) is 0.283. The van der Waals surface area contributed by atoms with E-state index in [2.05, 4.69) is 5.32 Å². The van der Waals surface area contributed by atoms with E-state index in [0.29, 0.717) is 32.6 Å². The molecular weight excluding hydrogens is 334 g/mol. The number of rotatable bonds is 20. The van der Waals surface area contributed by atoms with E-state index < -0.39 is 5.97 Å². The maximum atomic E-state index is 11.6. The van der Waals surface area contributed by atoms with Crippen molar-refractivity contribution in [2.75, 3.05) is 26.4 Å². The van der Waals surface area contributed by atoms with E-state index in [1.54, 1.807) is 0 Å². The van der Waals surface area contributed by atoms with Crippen LogP contribution in [-0.2, 0) is 14.3 Å². The maximum absolute atomic E-state index is 11.6. The number of amides is 1. The zero-order valence-electron chi connectivity index (χ0n) is 16.3. The molecule has 6 nitrogen and oxygen atoms in total. The minimum absolute atomic E-state index is 0.0164. The van der Waals surface area contributed by atoms with Crippen molar-refractivity contribution in [1.29, 1.82) is 0 Å². The van der Waals surface area contributed by atoms with Gasteiger partial charge in [0.1, 0.15) is 0 Å². The molecule has 0 aliphatic carbocycles. The molecule has 0 fully saturated rings. The molecule has 0 aromatic rings. The number of aliphatic hydroxyl groups is 1. The summed E-state index contributed by atoms with van der Waals surface area (Å²) in [6, 6.07) is 0. The van der Waals surface area contributed by atoms with Gasteiger partial charge in [-0.2, -0.15) is 0 Å². The van der Waals surface area contributed by atoms with Crippen LogP contribution in [0.4, 0.5) is 0 Å². The van der Waals surface area contributed by atoms with E-state index >= 15 is 0 Å². The molecule has 0 aliphatic rings. The summed E-state index contributed by atoms with van der Waals surface area (Å²) in [6.07, 6.45) is 14.7. The third kappa shape index (κ3) is 20.9. The molecule has 3 N–H and O–H groups in total. The van der Waals surface area contributed by atoms with Crippen molar-refractivity contribution in [1.82, 2.24) is 5.32 Å². The average molecular weight is 374 g/mol. The first-order chi connectivity index (χ1) is 12.7. The number of unbranched alkanes of at least 4 members (excludes halogenated alkanes) is 11. The lowest BCUT2D eigenvalue weighted by molar-refractivity contribution is -0.137. The molecule has 0 saturated carbocycles. The molecule has 0 spiro atoms. The number of nitrogens with one attached hydrogen (secondary N) is 1. The molecule has 0 atom stereocenters. The van der Waals surface area contributed by atoms with Crippen LogP contribution in [0.15, 0.2) is 0 Å². The topological polar surface area (TPSA) is 95.9 Å². The summed E-state index contributed by atoms with van der Waals surface area (Å²) in [4.78, 5) is 21.9. The molecule has 0 unspecified atom stereocenters. The number of aliphatic carboxylic acids is 1. The van der Waals surface area contributed by atoms with Crippen molar-refractivity contribution in [3.05, 3.63) is 0 Å². The zero-order chi connectivity index (χ0) is 19.3. The van der Waals surface area contributed by atoms with Gasteiger partial charge < -0.3 is 20.3 Å². The molecule has 26 heavy (non-hydrogen) atoms. The van der Waals surface area contributed by atoms with Crippen LogP contribution in [-0.4, -0.2) is 48.5 Å². The Kier molecular flexibility index (Phi) is 19.3. The predicted octanol–water partition coefficient (Wildman–Crippen LogP) is 3.66. The molecule has 0 rings (SSSR count). The number of hydrogen-bond donors (Lipinski definition) is 3. The monoisotopic (exact) mass is 373 g/mol. The molecule has 0 aromatic carbocycles. The van der Waals surface area contributed by atoms with Crippen LogP contribution in [0.2, 0.25) is 0 Å². The molecular formula is C20H39NO5. The van der Waals surface area contributed by atoms with Gasteiger partial charge in [-0.15, -0.1) is 0 Å². The minimum Gasteiger partial charge on any atom is -0.481 e. The summed E-state index contributed by atoms with van der Waals surface area (Å²) >= 11 is 0. The van der Waals surface area contributed by atoms with Gasteiger partial charge >= 0.3 is 5.97 Å². The Morgan fingerprint density at radius 3 is 1.62 bits per heavy atom. The maximum Gasteiger partial charge on any atom is 0.303 e. The van der Waals surface area contributed by atoms with Crippen LogP contribution in [0, 0.1) is 0 Å². The smallest absolute Gasteiger partial charge is 0.303 e. The molecule has 0 bridgehead atoms. The highest BCUT2D eigenvalue weighted by Gasteiger charge is 2.00. The van der Waals surface area contributed by atoms with Gasteiger partial charge in [0.15, 0.2) is 0 Å². The Hall–Kier alpha value is -1.14. The first-order valence-corrected chi connectivity index (χ1v) is 10.3. The first kappa shape index (κ1) is 24.9. The van der Waals surface area contributed by atoms with Gasteiger partial charge in [0.25, 0.3) is 0 Å². The fraction of sp³-hybridized carbons (Fsp3) is 0.900. The van der Waals surface area contributed by atoms with Crippen LogP contribution in [0.1, 0.15) is 89.9 Å². The lowest BCUT2D eigenvalue weighted by Crippen LogP contribution is -2.27. The molecule has 0 heterocycles. The van der Waals surface area contributed by atoms with Gasteiger partial charge in [-0.25, -0.2) is 0 Å². The van der Waals surface area contributed by atoms with Gasteiger partial charge in [-0.1, -0.05) is 64.2 Å². The minimum atomic E-state index is -0.686. The Morgan fingerprint density at radius 1 is 0.692 bits per heavy atom. The summed E-state index contributed by atoms with van der Waals surface area (Å²) in [5.74, 6) is -0.601. The van der Waals surface area contributed by atoms with Crippen LogP contribution in [0.3, 0.4) is 0 Å². The van der Waals surface area contributed by atoms with Gasteiger partial charge in [0.2, 0.25) is 5.91 Å². The zero-order valence-corrected chi connectivity index (χ0v) is 16.3. The van der Waals surface area contributed by atoms with Crippen LogP contribution in [0.25, 0.3) is 0 Å². The lowest BCUT2D eigenvalue weighted by Gasteiger charge is -2.06. The number of carboxylic acid groups (broad SMARTS) is 1. The highest BCUT2D eigenvalue weighted by molar-refractivity contribution is 5.75. The average Bonchev–Trinajstić information content (AvgIpc) is 2.61. The van der Waals surface area contributed by atoms with E-state index in [1.165, 1.54) is 44.9 Å². The highest BCUT2D eigenvalue weighted by atomic mass is 16.5. The number of carbonyl (C=O) groups is 2. The van der Waals surface area contributed by atoms with Crippen molar-refractivity contribution in [2.45, 2.75) is 89.9 Å². The van der Waals surface area contributed by atoms with Gasteiger partial charge in [-0.3, -0.25) is 9.59 Å². The Labute approximate surface area is 158 Å². The van der Waals surface area contributed by atoms with Crippen LogP contribution < -0.4 is 5.32 Å². The van der Waals surface area contributed by atoms with Crippen LogP contribution >= 0.6 is 0 Å². The first-order valence-electron chi connectivity index (χ1n) is 10.3. The third-order valence-corrected chi connectivity index (χ3v) is 4.35. The van der Waals surface area contributed by atoms with E-state index in [9.17, 15) is 9.59 Å².